The Bertz CT molecular complexity index is 795. The molecule has 1 aliphatic rings. The van der Waals surface area contributed by atoms with Gasteiger partial charge in [0.25, 0.3) is 5.91 Å². The number of carbonyl (C=O) groups is 1. The zero-order chi connectivity index (χ0) is 20.5. The lowest BCUT2D eigenvalue weighted by Crippen LogP contribution is -2.37. The zero-order valence-electron chi connectivity index (χ0n) is 17.0. The lowest BCUT2D eigenvalue weighted by molar-refractivity contribution is 0.0937. The van der Waals surface area contributed by atoms with Gasteiger partial charge in [-0.3, -0.25) is 4.79 Å². The lowest BCUT2D eigenvalue weighted by Gasteiger charge is -2.28. The Balaban J connectivity index is 1.61. The maximum atomic E-state index is 12.1. The van der Waals surface area contributed by atoms with Crippen molar-refractivity contribution >= 4 is 23.5 Å². The average molecular weight is 417 g/mol. The second kappa shape index (κ2) is 11.1. The summed E-state index contributed by atoms with van der Waals surface area (Å²) in [4.78, 5) is 23.7. The lowest BCUT2D eigenvalue weighted by atomic mass is 10.1. The van der Waals surface area contributed by atoms with E-state index in [4.69, 9.17) is 14.5 Å². The number of hydrogen-bond acceptors (Lipinski definition) is 7. The highest BCUT2D eigenvalue weighted by Crippen LogP contribution is 2.24. The molecule has 29 heavy (non-hydrogen) atoms. The molecule has 0 saturated carbocycles. The van der Waals surface area contributed by atoms with Gasteiger partial charge in [0.2, 0.25) is 0 Å². The first-order valence-corrected chi connectivity index (χ1v) is 10.9. The van der Waals surface area contributed by atoms with Crippen molar-refractivity contribution in [2.24, 2.45) is 0 Å². The number of nitrogens with zero attached hydrogens (tertiary/aromatic N) is 3. The minimum atomic E-state index is -0.0876. The third-order valence-electron chi connectivity index (χ3n) is 4.62. The molecule has 0 atom stereocenters. The Kier molecular flexibility index (Phi) is 8.27. The molecule has 0 unspecified atom stereocenters. The molecule has 0 bridgehead atoms. The van der Waals surface area contributed by atoms with Crippen LogP contribution in [0.25, 0.3) is 0 Å². The van der Waals surface area contributed by atoms with Crippen molar-refractivity contribution in [2.75, 3.05) is 51.5 Å². The highest BCUT2D eigenvalue weighted by molar-refractivity contribution is 7.98. The quantitative estimate of drug-likeness (QED) is 0.382. The van der Waals surface area contributed by atoms with Crippen molar-refractivity contribution in [1.82, 2.24) is 15.3 Å². The number of carbonyl (C=O) groups excluding carboxylic acids is 1. The van der Waals surface area contributed by atoms with E-state index in [1.54, 1.807) is 18.9 Å². The fourth-order valence-corrected chi connectivity index (χ4v) is 3.76. The average Bonchev–Trinajstić information content (AvgIpc) is 2.78. The first-order valence-electron chi connectivity index (χ1n) is 9.89. The van der Waals surface area contributed by atoms with Crippen LogP contribution in [-0.4, -0.2) is 62.4 Å². The summed E-state index contributed by atoms with van der Waals surface area (Å²) >= 11 is 1.62. The standard InChI is InChI=1S/C21H28N4O3S/c1-3-18-14-19(25-9-12-28-13-10-25)24-21(23-18)29-15-16-4-6-17(7-5-16)20(26)22-8-11-27-2/h4-7,14H,3,8-13,15H2,1-2H3,(H,22,26). The van der Waals surface area contributed by atoms with Crippen LogP contribution in [0.2, 0.25) is 0 Å². The monoisotopic (exact) mass is 416 g/mol. The largest absolute Gasteiger partial charge is 0.383 e. The summed E-state index contributed by atoms with van der Waals surface area (Å²) in [5.74, 6) is 1.64. The minimum Gasteiger partial charge on any atom is -0.383 e. The normalized spacial score (nSPS) is 14.1. The van der Waals surface area contributed by atoms with Crippen molar-refractivity contribution in [2.45, 2.75) is 24.3 Å². The van der Waals surface area contributed by atoms with Crippen LogP contribution in [0.4, 0.5) is 5.82 Å². The van der Waals surface area contributed by atoms with Crippen molar-refractivity contribution in [3.8, 4) is 0 Å². The SMILES string of the molecule is CCc1cc(N2CCOCC2)nc(SCc2ccc(C(=O)NCCOC)cc2)n1. The number of aryl methyl sites for hydroxylation is 1. The third kappa shape index (κ3) is 6.42. The van der Waals surface area contributed by atoms with E-state index in [0.29, 0.717) is 18.7 Å². The maximum Gasteiger partial charge on any atom is 0.251 e. The van der Waals surface area contributed by atoms with Crippen LogP contribution in [0.3, 0.4) is 0 Å². The van der Waals surface area contributed by atoms with Crippen LogP contribution < -0.4 is 10.2 Å². The Labute approximate surface area is 176 Å². The number of ether oxygens (including phenoxy) is 2. The van der Waals surface area contributed by atoms with Gasteiger partial charge in [0.1, 0.15) is 5.82 Å². The number of nitrogens with one attached hydrogen (secondary N) is 1. The number of benzene rings is 1. The molecule has 1 aromatic heterocycles. The van der Waals surface area contributed by atoms with E-state index < -0.39 is 0 Å². The van der Waals surface area contributed by atoms with Crippen molar-refractivity contribution in [1.29, 1.82) is 0 Å². The third-order valence-corrected chi connectivity index (χ3v) is 5.54. The van der Waals surface area contributed by atoms with E-state index >= 15 is 0 Å². The molecule has 2 aromatic rings. The van der Waals surface area contributed by atoms with Crippen molar-refractivity contribution in [3.63, 3.8) is 0 Å². The molecule has 0 spiro atoms. The number of rotatable bonds is 9. The second-order valence-corrected chi connectivity index (χ2v) is 7.63. The molecule has 0 radical (unpaired) electrons. The fourth-order valence-electron chi connectivity index (χ4n) is 2.93. The van der Waals surface area contributed by atoms with Crippen LogP contribution in [0.1, 0.15) is 28.5 Å². The Morgan fingerprint density at radius 3 is 2.69 bits per heavy atom. The highest BCUT2D eigenvalue weighted by Gasteiger charge is 2.15. The molecule has 0 aliphatic carbocycles. The van der Waals surface area contributed by atoms with Gasteiger partial charge in [-0.25, -0.2) is 9.97 Å². The van der Waals surface area contributed by atoms with Gasteiger partial charge in [0.05, 0.1) is 19.8 Å². The molecule has 1 aliphatic heterocycles. The van der Waals surface area contributed by atoms with E-state index in [1.807, 2.05) is 24.3 Å². The smallest absolute Gasteiger partial charge is 0.251 e. The predicted molar refractivity (Wildman–Crippen MR) is 115 cm³/mol. The summed E-state index contributed by atoms with van der Waals surface area (Å²) in [6.45, 7) is 6.30. The van der Waals surface area contributed by atoms with Crippen LogP contribution in [0.15, 0.2) is 35.5 Å². The number of morpholine rings is 1. The Morgan fingerprint density at radius 1 is 1.24 bits per heavy atom. The van der Waals surface area contributed by atoms with Crippen LogP contribution in [0, 0.1) is 0 Å². The molecule has 8 heteroatoms. The van der Waals surface area contributed by atoms with Crippen molar-refractivity contribution < 1.29 is 14.3 Å². The first-order chi connectivity index (χ1) is 14.2. The molecule has 1 aromatic carbocycles. The molecule has 1 saturated heterocycles. The molecular weight excluding hydrogens is 388 g/mol. The van der Waals surface area contributed by atoms with Gasteiger partial charge < -0.3 is 19.7 Å². The number of amides is 1. The summed E-state index contributed by atoms with van der Waals surface area (Å²) < 4.78 is 10.4. The number of thioether (sulfide) groups is 1. The van der Waals surface area contributed by atoms with E-state index in [1.165, 1.54) is 0 Å². The summed E-state index contributed by atoms with van der Waals surface area (Å²) in [6.07, 6.45) is 0.875. The van der Waals surface area contributed by atoms with Gasteiger partial charge in [-0.2, -0.15) is 0 Å². The van der Waals surface area contributed by atoms with Gasteiger partial charge in [-0.15, -0.1) is 0 Å². The molecule has 2 heterocycles. The number of hydrogen-bond donors (Lipinski definition) is 1. The molecule has 1 N–H and O–H groups in total. The summed E-state index contributed by atoms with van der Waals surface area (Å²) in [7, 11) is 1.61. The zero-order valence-corrected chi connectivity index (χ0v) is 17.8. The van der Waals surface area contributed by atoms with Gasteiger partial charge in [0, 0.05) is 49.8 Å². The van der Waals surface area contributed by atoms with Gasteiger partial charge in [0.15, 0.2) is 5.16 Å². The number of aromatic nitrogens is 2. The maximum absolute atomic E-state index is 12.1. The van der Waals surface area contributed by atoms with E-state index in [0.717, 1.165) is 60.7 Å². The molecule has 1 amide bonds. The Morgan fingerprint density at radius 2 is 2.00 bits per heavy atom. The fraction of sp³-hybridized carbons (Fsp3) is 0.476. The van der Waals surface area contributed by atoms with Gasteiger partial charge in [-0.05, 0) is 24.1 Å². The van der Waals surface area contributed by atoms with E-state index in [-0.39, 0.29) is 5.91 Å². The van der Waals surface area contributed by atoms with Crippen molar-refractivity contribution in [3.05, 3.63) is 47.2 Å². The van der Waals surface area contributed by atoms with Gasteiger partial charge in [-0.1, -0.05) is 30.8 Å². The molecule has 3 rings (SSSR count). The minimum absolute atomic E-state index is 0.0876. The second-order valence-electron chi connectivity index (χ2n) is 6.69. The number of anilines is 1. The highest BCUT2D eigenvalue weighted by atomic mass is 32.2. The van der Waals surface area contributed by atoms with E-state index in [2.05, 4.69) is 28.2 Å². The van der Waals surface area contributed by atoms with Crippen LogP contribution in [0.5, 0.6) is 0 Å². The molecule has 1 fully saturated rings. The van der Waals surface area contributed by atoms with Crippen LogP contribution >= 0.6 is 11.8 Å². The predicted octanol–water partition coefficient (Wildman–Crippen LogP) is 2.54. The molecule has 156 valence electrons. The summed E-state index contributed by atoms with van der Waals surface area (Å²) in [5, 5.41) is 3.61. The summed E-state index contributed by atoms with van der Waals surface area (Å²) in [5.41, 5.74) is 2.82. The van der Waals surface area contributed by atoms with Gasteiger partial charge >= 0.3 is 0 Å². The number of methoxy groups -OCH3 is 1. The molecule has 7 nitrogen and oxygen atoms in total. The Hall–Kier alpha value is -2.16. The van der Waals surface area contributed by atoms with Crippen LogP contribution in [-0.2, 0) is 21.6 Å². The van der Waals surface area contributed by atoms with E-state index in [9.17, 15) is 4.79 Å². The summed E-state index contributed by atoms with van der Waals surface area (Å²) in [6, 6.07) is 9.73. The first kappa shape index (κ1) is 21.5. The topological polar surface area (TPSA) is 76.6 Å². The molecular formula is C21H28N4O3S.